The molecule has 1 atom stereocenters. The van der Waals surface area contributed by atoms with Crippen LogP contribution in [-0.2, 0) is 0 Å². The van der Waals surface area contributed by atoms with Crippen molar-refractivity contribution in [3.05, 3.63) is 23.8 Å². The third-order valence-corrected chi connectivity index (χ3v) is 2.49. The normalized spacial score (nSPS) is 12.3. The largest absolute Gasteiger partial charge is 0.493 e. The molecule has 1 N–H and O–H groups in total. The van der Waals surface area contributed by atoms with Crippen LogP contribution in [-0.4, -0.2) is 27.8 Å². The van der Waals surface area contributed by atoms with Gasteiger partial charge in [-0.3, -0.25) is 0 Å². The first-order valence-electron chi connectivity index (χ1n) is 5.09. The van der Waals surface area contributed by atoms with Crippen LogP contribution >= 0.6 is 0 Å². The highest BCUT2D eigenvalue weighted by molar-refractivity contribution is 5.43. The highest BCUT2D eigenvalue weighted by atomic mass is 16.5. The van der Waals surface area contributed by atoms with E-state index in [2.05, 4.69) is 18.3 Å². The Labute approximate surface area is 91.4 Å². The van der Waals surface area contributed by atoms with Crippen molar-refractivity contribution < 1.29 is 9.47 Å². The molecule has 0 saturated heterocycles. The van der Waals surface area contributed by atoms with Gasteiger partial charge in [-0.25, -0.2) is 0 Å². The fraction of sp³-hybridized carbons (Fsp3) is 0.500. The zero-order chi connectivity index (χ0) is 11.3. The van der Waals surface area contributed by atoms with E-state index in [0.29, 0.717) is 5.92 Å². The summed E-state index contributed by atoms with van der Waals surface area (Å²) in [7, 11) is 5.26. The van der Waals surface area contributed by atoms with Gasteiger partial charge in [0.15, 0.2) is 11.5 Å². The molecule has 1 aromatic carbocycles. The number of methoxy groups -OCH3 is 2. The van der Waals surface area contributed by atoms with Gasteiger partial charge in [-0.15, -0.1) is 0 Å². The molecule has 3 heteroatoms. The predicted octanol–water partition coefficient (Wildman–Crippen LogP) is 2.03. The summed E-state index contributed by atoms with van der Waals surface area (Å²) in [6.07, 6.45) is 0. The Morgan fingerprint density at radius 3 is 2.40 bits per heavy atom. The molecule has 0 aliphatic rings. The molecule has 0 saturated carbocycles. The minimum absolute atomic E-state index is 0.467. The van der Waals surface area contributed by atoms with E-state index in [1.54, 1.807) is 14.2 Å². The SMILES string of the molecule is CNC[C@@H](C)c1ccc(OC)c(OC)c1. The molecule has 84 valence electrons. The molecule has 1 aromatic rings. The summed E-state index contributed by atoms with van der Waals surface area (Å²) in [6.45, 7) is 3.13. The minimum atomic E-state index is 0.467. The maximum absolute atomic E-state index is 5.26. The van der Waals surface area contributed by atoms with Crippen LogP contribution in [0, 0.1) is 0 Å². The van der Waals surface area contributed by atoms with Gasteiger partial charge in [0, 0.05) is 6.54 Å². The summed E-state index contributed by atoms with van der Waals surface area (Å²) in [5.41, 5.74) is 1.25. The zero-order valence-electron chi connectivity index (χ0n) is 9.83. The van der Waals surface area contributed by atoms with Crippen LogP contribution in [0.5, 0.6) is 11.5 Å². The van der Waals surface area contributed by atoms with Gasteiger partial charge < -0.3 is 14.8 Å². The number of hydrogen-bond donors (Lipinski definition) is 1. The molecule has 0 heterocycles. The van der Waals surface area contributed by atoms with Crippen molar-refractivity contribution in [1.29, 1.82) is 0 Å². The first kappa shape index (κ1) is 11.9. The first-order valence-corrected chi connectivity index (χ1v) is 5.09. The van der Waals surface area contributed by atoms with Gasteiger partial charge in [-0.1, -0.05) is 13.0 Å². The average Bonchev–Trinajstić information content (AvgIpc) is 2.28. The van der Waals surface area contributed by atoms with Crippen LogP contribution < -0.4 is 14.8 Å². The Morgan fingerprint density at radius 2 is 1.87 bits per heavy atom. The molecular formula is C12H19NO2. The molecular weight excluding hydrogens is 190 g/mol. The van der Waals surface area contributed by atoms with Crippen molar-refractivity contribution in [3.8, 4) is 11.5 Å². The molecule has 0 fully saturated rings. The number of ether oxygens (including phenoxy) is 2. The van der Waals surface area contributed by atoms with Crippen molar-refractivity contribution >= 4 is 0 Å². The lowest BCUT2D eigenvalue weighted by Gasteiger charge is -2.14. The summed E-state index contributed by atoms with van der Waals surface area (Å²) in [5, 5.41) is 3.16. The Balaban J connectivity index is 2.92. The molecule has 0 spiro atoms. The molecule has 0 aliphatic heterocycles. The van der Waals surface area contributed by atoms with Crippen molar-refractivity contribution in [2.75, 3.05) is 27.8 Å². The second kappa shape index (κ2) is 5.61. The van der Waals surface area contributed by atoms with Crippen molar-refractivity contribution in [2.24, 2.45) is 0 Å². The molecule has 0 aromatic heterocycles. The van der Waals surface area contributed by atoms with E-state index in [-0.39, 0.29) is 0 Å². The molecule has 0 unspecified atom stereocenters. The highest BCUT2D eigenvalue weighted by Gasteiger charge is 2.09. The fourth-order valence-corrected chi connectivity index (χ4v) is 1.58. The van der Waals surface area contributed by atoms with E-state index in [1.165, 1.54) is 5.56 Å². The van der Waals surface area contributed by atoms with Gasteiger partial charge in [0.1, 0.15) is 0 Å². The van der Waals surface area contributed by atoms with Crippen LogP contribution in [0.15, 0.2) is 18.2 Å². The number of benzene rings is 1. The lowest BCUT2D eigenvalue weighted by atomic mass is 10.0. The van der Waals surface area contributed by atoms with Crippen LogP contribution in [0.3, 0.4) is 0 Å². The summed E-state index contributed by atoms with van der Waals surface area (Å²) in [4.78, 5) is 0. The van der Waals surface area contributed by atoms with Gasteiger partial charge in [0.05, 0.1) is 14.2 Å². The van der Waals surface area contributed by atoms with E-state index < -0.39 is 0 Å². The van der Waals surface area contributed by atoms with Crippen LogP contribution in [0.1, 0.15) is 18.4 Å². The van der Waals surface area contributed by atoms with Crippen molar-refractivity contribution in [2.45, 2.75) is 12.8 Å². The standard InChI is InChI=1S/C12H19NO2/c1-9(8-13-2)10-5-6-11(14-3)12(7-10)15-4/h5-7,9,13H,8H2,1-4H3/t9-/m1/s1. The zero-order valence-corrected chi connectivity index (χ0v) is 9.83. The number of rotatable bonds is 5. The average molecular weight is 209 g/mol. The van der Waals surface area contributed by atoms with E-state index in [1.807, 2.05) is 19.2 Å². The van der Waals surface area contributed by atoms with Crippen LogP contribution in [0.4, 0.5) is 0 Å². The maximum Gasteiger partial charge on any atom is 0.160 e. The van der Waals surface area contributed by atoms with Gasteiger partial charge in [0.2, 0.25) is 0 Å². The number of nitrogens with one attached hydrogen (secondary N) is 1. The van der Waals surface area contributed by atoms with E-state index in [0.717, 1.165) is 18.0 Å². The van der Waals surface area contributed by atoms with Gasteiger partial charge in [0.25, 0.3) is 0 Å². The third kappa shape index (κ3) is 2.86. The number of likely N-dealkylation sites (N-methyl/N-ethyl adjacent to an activating group) is 1. The topological polar surface area (TPSA) is 30.5 Å². The van der Waals surface area contributed by atoms with Crippen LogP contribution in [0.2, 0.25) is 0 Å². The molecule has 0 bridgehead atoms. The summed E-state index contributed by atoms with van der Waals surface area (Å²) in [5.74, 6) is 2.03. The Bertz CT molecular complexity index is 312. The van der Waals surface area contributed by atoms with E-state index in [4.69, 9.17) is 9.47 Å². The van der Waals surface area contributed by atoms with Crippen molar-refractivity contribution in [1.82, 2.24) is 5.32 Å². The second-order valence-corrected chi connectivity index (χ2v) is 3.57. The summed E-state index contributed by atoms with van der Waals surface area (Å²) in [6, 6.07) is 6.05. The molecule has 0 aliphatic carbocycles. The van der Waals surface area contributed by atoms with Gasteiger partial charge >= 0.3 is 0 Å². The molecule has 3 nitrogen and oxygen atoms in total. The smallest absolute Gasteiger partial charge is 0.160 e. The summed E-state index contributed by atoms with van der Waals surface area (Å²) >= 11 is 0. The third-order valence-electron chi connectivity index (χ3n) is 2.49. The fourth-order valence-electron chi connectivity index (χ4n) is 1.58. The summed E-state index contributed by atoms with van der Waals surface area (Å²) < 4.78 is 10.5. The maximum atomic E-state index is 5.26. The van der Waals surface area contributed by atoms with Crippen LogP contribution in [0.25, 0.3) is 0 Å². The quantitative estimate of drug-likeness (QED) is 0.805. The van der Waals surface area contributed by atoms with E-state index in [9.17, 15) is 0 Å². The Hall–Kier alpha value is -1.22. The van der Waals surface area contributed by atoms with Gasteiger partial charge in [-0.05, 0) is 30.7 Å². The molecule has 0 radical (unpaired) electrons. The molecule has 1 rings (SSSR count). The lowest BCUT2D eigenvalue weighted by Crippen LogP contribution is -2.14. The minimum Gasteiger partial charge on any atom is -0.493 e. The van der Waals surface area contributed by atoms with Crippen molar-refractivity contribution in [3.63, 3.8) is 0 Å². The van der Waals surface area contributed by atoms with E-state index >= 15 is 0 Å². The Morgan fingerprint density at radius 1 is 1.20 bits per heavy atom. The highest BCUT2D eigenvalue weighted by Crippen LogP contribution is 2.30. The monoisotopic (exact) mass is 209 g/mol. The second-order valence-electron chi connectivity index (χ2n) is 3.57. The number of hydrogen-bond acceptors (Lipinski definition) is 3. The predicted molar refractivity (Wildman–Crippen MR) is 61.9 cm³/mol. The Kier molecular flexibility index (Phi) is 4.43. The lowest BCUT2D eigenvalue weighted by molar-refractivity contribution is 0.354. The molecule has 0 amide bonds. The van der Waals surface area contributed by atoms with Gasteiger partial charge in [-0.2, -0.15) is 0 Å². The first-order chi connectivity index (χ1) is 7.22. The molecule has 15 heavy (non-hydrogen) atoms.